The molecule has 0 radical (unpaired) electrons. The van der Waals surface area contributed by atoms with Gasteiger partial charge < -0.3 is 9.47 Å². The van der Waals surface area contributed by atoms with Crippen LogP contribution in [0, 0.1) is 5.92 Å². The van der Waals surface area contributed by atoms with Crippen molar-refractivity contribution in [1.29, 1.82) is 0 Å². The summed E-state index contributed by atoms with van der Waals surface area (Å²) in [6.45, 7) is 4.90. The molecule has 1 amide bonds. The van der Waals surface area contributed by atoms with E-state index < -0.39 is 12.1 Å². The molecule has 0 unspecified atom stereocenters. The zero-order valence-electron chi connectivity index (χ0n) is 13.2. The third-order valence-corrected chi connectivity index (χ3v) is 3.86. The molecule has 0 aromatic heterocycles. The van der Waals surface area contributed by atoms with Crippen molar-refractivity contribution in [2.45, 2.75) is 39.3 Å². The van der Waals surface area contributed by atoms with Gasteiger partial charge >= 0.3 is 12.1 Å². The lowest BCUT2D eigenvalue weighted by Gasteiger charge is -2.36. The molecular formula is C17H23NO4. The molecule has 0 bridgehead atoms. The van der Waals surface area contributed by atoms with E-state index in [-0.39, 0.29) is 12.6 Å². The maximum atomic E-state index is 12.3. The number of rotatable bonds is 4. The number of amides is 1. The Morgan fingerprint density at radius 1 is 1.23 bits per heavy atom. The first-order valence-corrected chi connectivity index (χ1v) is 7.75. The van der Waals surface area contributed by atoms with Crippen LogP contribution in [0.5, 0.6) is 0 Å². The summed E-state index contributed by atoms with van der Waals surface area (Å²) in [5, 5.41) is 0. The molecule has 1 fully saturated rings. The van der Waals surface area contributed by atoms with Crippen LogP contribution in [0.4, 0.5) is 4.79 Å². The Labute approximate surface area is 131 Å². The summed E-state index contributed by atoms with van der Waals surface area (Å²) in [4.78, 5) is 25.9. The number of piperidine rings is 1. The minimum absolute atomic E-state index is 0.210. The van der Waals surface area contributed by atoms with Crippen molar-refractivity contribution < 1.29 is 19.1 Å². The van der Waals surface area contributed by atoms with Crippen LogP contribution in [-0.4, -0.2) is 36.2 Å². The second kappa shape index (κ2) is 7.82. The summed E-state index contributed by atoms with van der Waals surface area (Å²) < 4.78 is 10.4. The van der Waals surface area contributed by atoms with Crippen molar-refractivity contribution >= 4 is 12.1 Å². The van der Waals surface area contributed by atoms with Crippen LogP contribution in [0.3, 0.4) is 0 Å². The summed E-state index contributed by atoms with van der Waals surface area (Å²) in [5.74, 6) is 0.0540. The van der Waals surface area contributed by atoms with Crippen molar-refractivity contribution in [2.75, 3.05) is 13.2 Å². The first-order valence-electron chi connectivity index (χ1n) is 7.75. The van der Waals surface area contributed by atoms with Gasteiger partial charge in [-0.15, -0.1) is 0 Å². The molecule has 5 heteroatoms. The number of hydrogen-bond acceptors (Lipinski definition) is 4. The fraction of sp³-hybridized carbons (Fsp3) is 0.529. The number of esters is 1. The number of nitrogens with zero attached hydrogens (tertiary/aromatic N) is 1. The quantitative estimate of drug-likeness (QED) is 0.802. The SMILES string of the molecule is CCOC(=O)[C@H]1C[C@H](C)CCN1C(=O)OCc1ccccc1. The van der Waals surface area contributed by atoms with E-state index >= 15 is 0 Å². The van der Waals surface area contributed by atoms with E-state index in [1.807, 2.05) is 30.3 Å². The molecule has 1 saturated heterocycles. The largest absolute Gasteiger partial charge is 0.464 e. The highest BCUT2D eigenvalue weighted by Gasteiger charge is 2.36. The highest BCUT2D eigenvalue weighted by Crippen LogP contribution is 2.24. The van der Waals surface area contributed by atoms with Crippen molar-refractivity contribution in [3.63, 3.8) is 0 Å². The number of carbonyl (C=O) groups excluding carboxylic acids is 2. The maximum absolute atomic E-state index is 12.3. The monoisotopic (exact) mass is 305 g/mol. The minimum Gasteiger partial charge on any atom is -0.464 e. The van der Waals surface area contributed by atoms with Crippen molar-refractivity contribution in [2.24, 2.45) is 5.92 Å². The van der Waals surface area contributed by atoms with E-state index in [0.717, 1.165) is 12.0 Å². The smallest absolute Gasteiger partial charge is 0.410 e. The van der Waals surface area contributed by atoms with Gasteiger partial charge in [-0.1, -0.05) is 37.3 Å². The molecule has 2 atom stereocenters. The van der Waals surface area contributed by atoms with Gasteiger partial charge in [0.25, 0.3) is 0 Å². The molecule has 1 heterocycles. The normalized spacial score (nSPS) is 21.3. The van der Waals surface area contributed by atoms with Gasteiger partial charge in [0.15, 0.2) is 0 Å². The summed E-state index contributed by atoms with van der Waals surface area (Å²) in [6.07, 6.45) is 1.05. The number of hydrogen-bond donors (Lipinski definition) is 0. The van der Waals surface area contributed by atoms with Crippen LogP contribution in [0.1, 0.15) is 32.3 Å². The summed E-state index contributed by atoms with van der Waals surface area (Å²) in [5.41, 5.74) is 0.925. The molecule has 22 heavy (non-hydrogen) atoms. The summed E-state index contributed by atoms with van der Waals surface area (Å²) >= 11 is 0. The van der Waals surface area contributed by atoms with E-state index in [0.29, 0.717) is 25.5 Å². The van der Waals surface area contributed by atoms with Gasteiger partial charge in [0.1, 0.15) is 12.6 Å². The van der Waals surface area contributed by atoms with Crippen LogP contribution < -0.4 is 0 Å². The zero-order chi connectivity index (χ0) is 15.9. The average Bonchev–Trinajstić information content (AvgIpc) is 2.53. The standard InChI is InChI=1S/C17H23NO4/c1-3-21-16(19)15-11-13(2)9-10-18(15)17(20)22-12-14-7-5-4-6-8-14/h4-8,13,15H,3,9-12H2,1-2H3/t13-,15-/m1/s1. The van der Waals surface area contributed by atoms with Gasteiger partial charge in [-0.05, 0) is 31.2 Å². The summed E-state index contributed by atoms with van der Waals surface area (Å²) in [6, 6.07) is 8.96. The molecule has 2 rings (SSSR count). The molecule has 0 spiro atoms. The van der Waals surface area contributed by atoms with Gasteiger partial charge in [-0.2, -0.15) is 0 Å². The number of benzene rings is 1. The van der Waals surface area contributed by atoms with Crippen LogP contribution >= 0.6 is 0 Å². The Hall–Kier alpha value is -2.04. The first-order chi connectivity index (χ1) is 10.6. The fourth-order valence-electron chi connectivity index (χ4n) is 2.62. The average molecular weight is 305 g/mol. The lowest BCUT2D eigenvalue weighted by atomic mass is 9.93. The van der Waals surface area contributed by atoms with Crippen LogP contribution in [-0.2, 0) is 20.9 Å². The molecule has 1 aromatic carbocycles. The Morgan fingerprint density at radius 3 is 2.64 bits per heavy atom. The maximum Gasteiger partial charge on any atom is 0.410 e. The number of ether oxygens (including phenoxy) is 2. The lowest BCUT2D eigenvalue weighted by molar-refractivity contribution is -0.150. The Morgan fingerprint density at radius 2 is 1.95 bits per heavy atom. The number of carbonyl (C=O) groups is 2. The molecule has 1 aromatic rings. The second-order valence-corrected chi connectivity index (χ2v) is 5.63. The van der Waals surface area contributed by atoms with Gasteiger partial charge in [0, 0.05) is 6.54 Å². The number of likely N-dealkylation sites (tertiary alicyclic amines) is 1. The Balaban J connectivity index is 1.97. The molecule has 1 aliphatic rings. The molecular weight excluding hydrogens is 282 g/mol. The van der Waals surface area contributed by atoms with Gasteiger partial charge in [0.2, 0.25) is 0 Å². The molecule has 1 aliphatic heterocycles. The predicted octanol–water partition coefficient (Wildman–Crippen LogP) is 2.99. The zero-order valence-corrected chi connectivity index (χ0v) is 13.2. The third kappa shape index (κ3) is 4.23. The third-order valence-electron chi connectivity index (χ3n) is 3.86. The van der Waals surface area contributed by atoms with Crippen molar-refractivity contribution in [1.82, 2.24) is 4.90 Å². The Kier molecular flexibility index (Phi) is 5.81. The Bertz CT molecular complexity index is 503. The highest BCUT2D eigenvalue weighted by molar-refractivity contribution is 5.81. The first kappa shape index (κ1) is 16.3. The van der Waals surface area contributed by atoms with Gasteiger partial charge in [-0.3, -0.25) is 4.90 Å². The molecule has 0 aliphatic carbocycles. The van der Waals surface area contributed by atoms with E-state index in [9.17, 15) is 9.59 Å². The van der Waals surface area contributed by atoms with E-state index in [4.69, 9.17) is 9.47 Å². The topological polar surface area (TPSA) is 55.8 Å². The molecule has 0 saturated carbocycles. The lowest BCUT2D eigenvalue weighted by Crippen LogP contribution is -2.50. The fourth-order valence-corrected chi connectivity index (χ4v) is 2.62. The van der Waals surface area contributed by atoms with E-state index in [1.165, 1.54) is 4.90 Å². The second-order valence-electron chi connectivity index (χ2n) is 5.63. The van der Waals surface area contributed by atoms with E-state index in [1.54, 1.807) is 6.92 Å². The van der Waals surface area contributed by atoms with Crippen molar-refractivity contribution in [3.8, 4) is 0 Å². The van der Waals surface area contributed by atoms with Gasteiger partial charge in [-0.25, -0.2) is 9.59 Å². The highest BCUT2D eigenvalue weighted by atomic mass is 16.6. The van der Waals surface area contributed by atoms with E-state index in [2.05, 4.69) is 6.92 Å². The molecule has 120 valence electrons. The molecule has 5 nitrogen and oxygen atoms in total. The minimum atomic E-state index is -0.535. The van der Waals surface area contributed by atoms with Crippen LogP contribution in [0.2, 0.25) is 0 Å². The van der Waals surface area contributed by atoms with Crippen molar-refractivity contribution in [3.05, 3.63) is 35.9 Å². The molecule has 0 N–H and O–H groups in total. The van der Waals surface area contributed by atoms with Crippen LogP contribution in [0.15, 0.2) is 30.3 Å². The van der Waals surface area contributed by atoms with Gasteiger partial charge in [0.05, 0.1) is 6.61 Å². The predicted molar refractivity (Wildman–Crippen MR) is 82.2 cm³/mol. The summed E-state index contributed by atoms with van der Waals surface area (Å²) in [7, 11) is 0. The van der Waals surface area contributed by atoms with Crippen LogP contribution in [0.25, 0.3) is 0 Å².